The first kappa shape index (κ1) is 11.0. The molecule has 0 amide bonds. The Morgan fingerprint density at radius 1 is 1.19 bits per heavy atom. The lowest BCUT2D eigenvalue weighted by Gasteiger charge is -2.15. The minimum Gasteiger partial charge on any atom is -0.378 e. The second-order valence-corrected chi connectivity index (χ2v) is 4.03. The van der Waals surface area contributed by atoms with Crippen LogP contribution in [0.5, 0.6) is 0 Å². The number of halogens is 1. The second kappa shape index (κ2) is 4.99. The van der Waals surface area contributed by atoms with Crippen LogP contribution in [0.15, 0.2) is 48.7 Å². The Bertz CT molecular complexity index is 456. The van der Waals surface area contributed by atoms with Crippen LogP contribution in [0.1, 0.15) is 18.5 Å². The molecule has 0 saturated carbocycles. The first-order chi connectivity index (χ1) is 7.75. The molecule has 2 aromatic rings. The highest BCUT2D eigenvalue weighted by Gasteiger charge is 2.04. The third kappa shape index (κ3) is 2.74. The average molecular weight is 233 g/mol. The van der Waals surface area contributed by atoms with E-state index in [1.807, 2.05) is 30.3 Å². The maximum Gasteiger partial charge on any atom is 0.131 e. The van der Waals surface area contributed by atoms with Gasteiger partial charge < -0.3 is 5.32 Å². The second-order valence-electron chi connectivity index (χ2n) is 3.64. The maximum absolute atomic E-state index is 5.82. The summed E-state index contributed by atoms with van der Waals surface area (Å²) in [6, 6.07) is 14.3. The predicted molar refractivity (Wildman–Crippen MR) is 67.7 cm³/mol. The lowest BCUT2D eigenvalue weighted by Crippen LogP contribution is -2.06. The number of nitrogens with zero attached hydrogens (tertiary/aromatic N) is 1. The average Bonchev–Trinajstić information content (AvgIpc) is 2.30. The summed E-state index contributed by atoms with van der Waals surface area (Å²) in [5.74, 6) is 0. The Labute approximate surface area is 100 Å². The molecule has 1 unspecified atom stereocenters. The van der Waals surface area contributed by atoms with Crippen LogP contribution in [0.4, 0.5) is 5.69 Å². The van der Waals surface area contributed by atoms with Gasteiger partial charge in [-0.1, -0.05) is 41.9 Å². The molecule has 1 aromatic carbocycles. The Kier molecular flexibility index (Phi) is 3.42. The van der Waals surface area contributed by atoms with E-state index in [0.717, 1.165) is 5.69 Å². The van der Waals surface area contributed by atoms with Gasteiger partial charge in [-0.3, -0.25) is 0 Å². The van der Waals surface area contributed by atoms with E-state index in [4.69, 9.17) is 11.6 Å². The minimum atomic E-state index is 0.250. The van der Waals surface area contributed by atoms with E-state index >= 15 is 0 Å². The summed E-state index contributed by atoms with van der Waals surface area (Å²) in [4.78, 5) is 3.95. The van der Waals surface area contributed by atoms with Gasteiger partial charge in [0.15, 0.2) is 0 Å². The van der Waals surface area contributed by atoms with Crippen molar-refractivity contribution >= 4 is 17.3 Å². The van der Waals surface area contributed by atoms with Crippen molar-refractivity contribution < 1.29 is 0 Å². The summed E-state index contributed by atoms with van der Waals surface area (Å²) >= 11 is 5.82. The van der Waals surface area contributed by atoms with E-state index in [9.17, 15) is 0 Å². The van der Waals surface area contributed by atoms with E-state index in [2.05, 4.69) is 29.4 Å². The molecule has 0 radical (unpaired) electrons. The molecule has 0 aliphatic heterocycles. The minimum absolute atomic E-state index is 0.250. The van der Waals surface area contributed by atoms with Crippen LogP contribution in [-0.4, -0.2) is 4.98 Å². The van der Waals surface area contributed by atoms with Gasteiger partial charge in [-0.15, -0.1) is 0 Å². The SMILES string of the molecule is CC(Nc1ccnc(Cl)c1)c1ccccc1. The quantitative estimate of drug-likeness (QED) is 0.812. The van der Waals surface area contributed by atoms with Crippen LogP contribution in [0.2, 0.25) is 5.15 Å². The number of benzene rings is 1. The summed E-state index contributed by atoms with van der Waals surface area (Å²) < 4.78 is 0. The summed E-state index contributed by atoms with van der Waals surface area (Å²) in [5.41, 5.74) is 2.23. The molecule has 0 fully saturated rings. The molecule has 2 rings (SSSR count). The van der Waals surface area contributed by atoms with E-state index in [0.29, 0.717) is 5.15 Å². The summed E-state index contributed by atoms with van der Waals surface area (Å²) in [5, 5.41) is 3.88. The van der Waals surface area contributed by atoms with Crippen LogP contribution in [-0.2, 0) is 0 Å². The molecule has 0 spiro atoms. The number of nitrogens with one attached hydrogen (secondary N) is 1. The fourth-order valence-electron chi connectivity index (χ4n) is 1.57. The topological polar surface area (TPSA) is 24.9 Å². The summed E-state index contributed by atoms with van der Waals surface area (Å²) in [6.45, 7) is 2.11. The fourth-order valence-corrected chi connectivity index (χ4v) is 1.74. The molecular formula is C13H13ClN2. The molecule has 0 aliphatic carbocycles. The van der Waals surface area contributed by atoms with Gasteiger partial charge in [0, 0.05) is 17.9 Å². The lowest BCUT2D eigenvalue weighted by molar-refractivity contribution is 0.884. The van der Waals surface area contributed by atoms with Crippen molar-refractivity contribution in [2.45, 2.75) is 13.0 Å². The molecule has 2 nitrogen and oxygen atoms in total. The van der Waals surface area contributed by atoms with Gasteiger partial charge in [0.1, 0.15) is 5.15 Å². The summed E-state index contributed by atoms with van der Waals surface area (Å²) in [6.07, 6.45) is 1.70. The van der Waals surface area contributed by atoms with Crippen molar-refractivity contribution in [2.24, 2.45) is 0 Å². The van der Waals surface area contributed by atoms with Crippen molar-refractivity contribution in [3.8, 4) is 0 Å². The van der Waals surface area contributed by atoms with E-state index < -0.39 is 0 Å². The van der Waals surface area contributed by atoms with Crippen LogP contribution in [0.25, 0.3) is 0 Å². The molecule has 1 N–H and O–H groups in total. The third-order valence-corrected chi connectivity index (χ3v) is 2.62. The zero-order valence-corrected chi connectivity index (χ0v) is 9.78. The van der Waals surface area contributed by atoms with Crippen molar-refractivity contribution in [1.82, 2.24) is 4.98 Å². The van der Waals surface area contributed by atoms with E-state index in [1.165, 1.54) is 5.56 Å². The number of hydrogen-bond acceptors (Lipinski definition) is 2. The van der Waals surface area contributed by atoms with Crippen molar-refractivity contribution in [2.75, 3.05) is 5.32 Å². The van der Waals surface area contributed by atoms with Gasteiger partial charge in [-0.25, -0.2) is 4.98 Å². The van der Waals surface area contributed by atoms with Crippen molar-refractivity contribution in [3.05, 3.63) is 59.4 Å². The van der Waals surface area contributed by atoms with Crippen LogP contribution >= 0.6 is 11.6 Å². The number of anilines is 1. The van der Waals surface area contributed by atoms with Crippen LogP contribution < -0.4 is 5.32 Å². The monoisotopic (exact) mass is 232 g/mol. The molecule has 82 valence electrons. The smallest absolute Gasteiger partial charge is 0.131 e. The van der Waals surface area contributed by atoms with Gasteiger partial charge in [0.05, 0.1) is 0 Å². The van der Waals surface area contributed by atoms with Gasteiger partial charge in [0.2, 0.25) is 0 Å². The first-order valence-electron chi connectivity index (χ1n) is 5.19. The standard InChI is InChI=1S/C13H13ClN2/c1-10(11-5-3-2-4-6-11)16-12-7-8-15-13(14)9-12/h2-10H,1H3,(H,15,16). The van der Waals surface area contributed by atoms with Crippen molar-refractivity contribution in [1.29, 1.82) is 0 Å². The molecule has 0 saturated heterocycles. The highest BCUT2D eigenvalue weighted by Crippen LogP contribution is 2.20. The molecule has 16 heavy (non-hydrogen) atoms. The Hall–Kier alpha value is -1.54. The van der Waals surface area contributed by atoms with Gasteiger partial charge in [-0.2, -0.15) is 0 Å². The maximum atomic E-state index is 5.82. The highest BCUT2D eigenvalue weighted by molar-refractivity contribution is 6.29. The third-order valence-electron chi connectivity index (χ3n) is 2.41. The van der Waals surface area contributed by atoms with E-state index in [1.54, 1.807) is 6.20 Å². The van der Waals surface area contributed by atoms with Gasteiger partial charge in [-0.05, 0) is 24.6 Å². The normalized spacial score (nSPS) is 12.1. The van der Waals surface area contributed by atoms with Crippen molar-refractivity contribution in [3.63, 3.8) is 0 Å². The van der Waals surface area contributed by atoms with E-state index in [-0.39, 0.29) is 6.04 Å². The first-order valence-corrected chi connectivity index (χ1v) is 5.56. The zero-order chi connectivity index (χ0) is 11.4. The Morgan fingerprint density at radius 2 is 1.94 bits per heavy atom. The molecule has 1 atom stereocenters. The highest BCUT2D eigenvalue weighted by atomic mass is 35.5. The van der Waals surface area contributed by atoms with Crippen LogP contribution in [0, 0.1) is 0 Å². The number of aromatic nitrogens is 1. The molecule has 1 heterocycles. The lowest BCUT2D eigenvalue weighted by atomic mass is 10.1. The van der Waals surface area contributed by atoms with Gasteiger partial charge in [0.25, 0.3) is 0 Å². The van der Waals surface area contributed by atoms with Crippen LogP contribution in [0.3, 0.4) is 0 Å². The number of hydrogen-bond donors (Lipinski definition) is 1. The van der Waals surface area contributed by atoms with Gasteiger partial charge >= 0.3 is 0 Å². The molecule has 3 heteroatoms. The largest absolute Gasteiger partial charge is 0.378 e. The summed E-state index contributed by atoms with van der Waals surface area (Å²) in [7, 11) is 0. The Morgan fingerprint density at radius 3 is 2.62 bits per heavy atom. The molecular weight excluding hydrogens is 220 g/mol. The molecule has 0 bridgehead atoms. The predicted octanol–water partition coefficient (Wildman–Crippen LogP) is 3.91. The fraction of sp³-hybridized carbons (Fsp3) is 0.154. The number of rotatable bonds is 3. The number of pyridine rings is 1. The molecule has 0 aliphatic rings. The molecule has 1 aromatic heterocycles. The zero-order valence-electron chi connectivity index (χ0n) is 9.02. The Balaban J connectivity index is 2.11.